The van der Waals surface area contributed by atoms with Crippen molar-refractivity contribution < 1.29 is 14.3 Å². The number of carbonyl (C=O) groups is 1. The molecule has 22 heavy (non-hydrogen) atoms. The monoisotopic (exact) mass is 328 g/mol. The summed E-state index contributed by atoms with van der Waals surface area (Å²) in [6.07, 6.45) is 2.81. The van der Waals surface area contributed by atoms with Crippen LogP contribution >= 0.6 is 12.4 Å². The number of methoxy groups -OCH3 is 1. The summed E-state index contributed by atoms with van der Waals surface area (Å²) in [5.74, 6) is 0.702. The fourth-order valence-electron chi connectivity index (χ4n) is 2.36. The maximum absolute atomic E-state index is 12.2. The Kier molecular flexibility index (Phi) is 8.89. The molecule has 1 aromatic rings. The van der Waals surface area contributed by atoms with Gasteiger partial charge in [-0.3, -0.25) is 4.79 Å². The molecular formula is C16H25ClN2O3. The number of amides is 1. The lowest BCUT2D eigenvalue weighted by molar-refractivity contribution is 0.0929. The van der Waals surface area contributed by atoms with E-state index in [4.69, 9.17) is 9.47 Å². The number of nitrogens with one attached hydrogen (secondary N) is 2. The van der Waals surface area contributed by atoms with E-state index in [9.17, 15) is 4.79 Å². The van der Waals surface area contributed by atoms with Crippen LogP contribution in [0.2, 0.25) is 0 Å². The molecule has 1 heterocycles. The average Bonchev–Trinajstić information content (AvgIpc) is 2.53. The standard InChI is InChI=1S/C16H24N2O3.ClH/c1-20-10-3-11-21-15-5-2-4-13(12-15)16(19)18-14-6-8-17-9-7-14;/h2,4-5,12,14,17H,3,6-11H2,1H3,(H,18,19);1H. The van der Waals surface area contributed by atoms with Crippen LogP contribution < -0.4 is 15.4 Å². The molecule has 0 bridgehead atoms. The zero-order valence-electron chi connectivity index (χ0n) is 13.0. The van der Waals surface area contributed by atoms with Crippen LogP contribution in [0.1, 0.15) is 29.6 Å². The molecule has 0 saturated carbocycles. The third kappa shape index (κ3) is 6.22. The first-order valence-corrected chi connectivity index (χ1v) is 7.53. The largest absolute Gasteiger partial charge is 0.493 e. The molecule has 1 aliphatic heterocycles. The summed E-state index contributed by atoms with van der Waals surface area (Å²) in [7, 11) is 1.67. The van der Waals surface area contributed by atoms with Crippen LogP contribution in [-0.2, 0) is 4.74 Å². The van der Waals surface area contributed by atoms with Crippen molar-refractivity contribution in [2.75, 3.05) is 33.4 Å². The molecule has 124 valence electrons. The Hall–Kier alpha value is -1.30. The Labute approximate surface area is 138 Å². The van der Waals surface area contributed by atoms with E-state index in [1.165, 1.54) is 0 Å². The van der Waals surface area contributed by atoms with Crippen LogP contribution in [0.5, 0.6) is 5.75 Å². The molecule has 2 rings (SSSR count). The van der Waals surface area contributed by atoms with Crippen molar-refractivity contribution >= 4 is 18.3 Å². The van der Waals surface area contributed by atoms with Gasteiger partial charge in [0.05, 0.1) is 6.61 Å². The van der Waals surface area contributed by atoms with Crippen molar-refractivity contribution in [1.29, 1.82) is 0 Å². The van der Waals surface area contributed by atoms with Gasteiger partial charge >= 0.3 is 0 Å². The third-order valence-electron chi connectivity index (χ3n) is 3.53. The highest BCUT2D eigenvalue weighted by atomic mass is 35.5. The SMILES string of the molecule is COCCCOc1cccc(C(=O)NC2CCNCC2)c1.Cl. The number of piperidine rings is 1. The molecule has 1 fully saturated rings. The summed E-state index contributed by atoms with van der Waals surface area (Å²) in [5.41, 5.74) is 0.651. The van der Waals surface area contributed by atoms with Crippen LogP contribution in [0.4, 0.5) is 0 Å². The van der Waals surface area contributed by atoms with Gasteiger partial charge in [-0.05, 0) is 44.1 Å². The second-order valence-electron chi connectivity index (χ2n) is 5.22. The molecule has 1 aliphatic rings. The van der Waals surface area contributed by atoms with E-state index in [0.717, 1.165) is 38.1 Å². The van der Waals surface area contributed by atoms with E-state index in [1.807, 2.05) is 18.2 Å². The summed E-state index contributed by atoms with van der Waals surface area (Å²) in [4.78, 5) is 12.2. The summed E-state index contributed by atoms with van der Waals surface area (Å²) in [6, 6.07) is 7.60. The molecule has 5 nitrogen and oxygen atoms in total. The topological polar surface area (TPSA) is 59.6 Å². The van der Waals surface area contributed by atoms with E-state index in [1.54, 1.807) is 13.2 Å². The van der Waals surface area contributed by atoms with E-state index in [-0.39, 0.29) is 24.4 Å². The van der Waals surface area contributed by atoms with Gasteiger partial charge in [0.2, 0.25) is 0 Å². The number of hydrogen-bond acceptors (Lipinski definition) is 4. The van der Waals surface area contributed by atoms with Crippen LogP contribution in [0, 0.1) is 0 Å². The maximum atomic E-state index is 12.2. The van der Waals surface area contributed by atoms with Gasteiger partial charge in [-0.2, -0.15) is 0 Å². The zero-order chi connectivity index (χ0) is 14.9. The van der Waals surface area contributed by atoms with E-state index >= 15 is 0 Å². The van der Waals surface area contributed by atoms with E-state index in [0.29, 0.717) is 18.8 Å². The fourth-order valence-corrected chi connectivity index (χ4v) is 2.36. The molecule has 6 heteroatoms. The first kappa shape index (κ1) is 18.7. The second-order valence-corrected chi connectivity index (χ2v) is 5.22. The van der Waals surface area contributed by atoms with E-state index in [2.05, 4.69) is 10.6 Å². The number of carbonyl (C=O) groups excluding carboxylic acids is 1. The highest BCUT2D eigenvalue weighted by Crippen LogP contribution is 2.14. The highest BCUT2D eigenvalue weighted by Gasteiger charge is 2.16. The molecule has 0 unspecified atom stereocenters. The number of benzene rings is 1. The van der Waals surface area contributed by atoms with Crippen molar-refractivity contribution in [2.45, 2.75) is 25.3 Å². The quantitative estimate of drug-likeness (QED) is 0.752. The van der Waals surface area contributed by atoms with Gasteiger partial charge in [-0.25, -0.2) is 0 Å². The molecule has 0 atom stereocenters. The molecule has 1 aromatic carbocycles. The van der Waals surface area contributed by atoms with Gasteiger partial charge in [0.1, 0.15) is 5.75 Å². The second kappa shape index (κ2) is 10.4. The molecule has 0 aromatic heterocycles. The Morgan fingerprint density at radius 1 is 1.32 bits per heavy atom. The van der Waals surface area contributed by atoms with Crippen molar-refractivity contribution in [3.8, 4) is 5.75 Å². The molecule has 0 spiro atoms. The first-order valence-electron chi connectivity index (χ1n) is 7.53. The van der Waals surface area contributed by atoms with Crippen LogP contribution in [-0.4, -0.2) is 45.4 Å². The zero-order valence-corrected chi connectivity index (χ0v) is 13.8. The Balaban J connectivity index is 0.00000242. The Bertz CT molecular complexity index is 451. The maximum Gasteiger partial charge on any atom is 0.251 e. The lowest BCUT2D eigenvalue weighted by atomic mass is 10.1. The van der Waals surface area contributed by atoms with Crippen molar-refractivity contribution in [3.05, 3.63) is 29.8 Å². The lowest BCUT2D eigenvalue weighted by Crippen LogP contribution is -2.42. The normalized spacial score (nSPS) is 15.0. The van der Waals surface area contributed by atoms with Crippen molar-refractivity contribution in [3.63, 3.8) is 0 Å². The highest BCUT2D eigenvalue weighted by molar-refractivity contribution is 5.94. The molecule has 1 saturated heterocycles. The number of halogens is 1. The molecule has 0 aliphatic carbocycles. The summed E-state index contributed by atoms with van der Waals surface area (Å²) >= 11 is 0. The molecule has 0 radical (unpaired) electrons. The van der Waals surface area contributed by atoms with Gasteiger partial charge in [0.15, 0.2) is 0 Å². The number of ether oxygens (including phenoxy) is 2. The number of rotatable bonds is 7. The molecule has 2 N–H and O–H groups in total. The molecule has 1 amide bonds. The summed E-state index contributed by atoms with van der Waals surface area (Å²) in [6.45, 7) is 3.20. The minimum Gasteiger partial charge on any atom is -0.493 e. The van der Waals surface area contributed by atoms with Crippen LogP contribution in [0.15, 0.2) is 24.3 Å². The van der Waals surface area contributed by atoms with E-state index < -0.39 is 0 Å². The van der Waals surface area contributed by atoms with Gasteiger partial charge < -0.3 is 20.1 Å². The summed E-state index contributed by atoms with van der Waals surface area (Å²) < 4.78 is 10.6. The number of hydrogen-bond donors (Lipinski definition) is 2. The Morgan fingerprint density at radius 3 is 2.82 bits per heavy atom. The van der Waals surface area contributed by atoms with Gasteiger partial charge in [0.25, 0.3) is 5.91 Å². The van der Waals surface area contributed by atoms with Crippen molar-refractivity contribution in [2.24, 2.45) is 0 Å². The van der Waals surface area contributed by atoms with Crippen LogP contribution in [0.3, 0.4) is 0 Å². The first-order chi connectivity index (χ1) is 10.3. The fraction of sp³-hybridized carbons (Fsp3) is 0.562. The Morgan fingerprint density at radius 2 is 2.09 bits per heavy atom. The van der Waals surface area contributed by atoms with Crippen LogP contribution in [0.25, 0.3) is 0 Å². The van der Waals surface area contributed by atoms with Gasteiger partial charge in [0, 0.05) is 31.7 Å². The summed E-state index contributed by atoms with van der Waals surface area (Å²) in [5, 5.41) is 6.37. The van der Waals surface area contributed by atoms with Gasteiger partial charge in [-0.1, -0.05) is 6.07 Å². The predicted molar refractivity (Wildman–Crippen MR) is 89.0 cm³/mol. The smallest absolute Gasteiger partial charge is 0.251 e. The van der Waals surface area contributed by atoms with Crippen molar-refractivity contribution in [1.82, 2.24) is 10.6 Å². The minimum absolute atomic E-state index is 0. The lowest BCUT2D eigenvalue weighted by Gasteiger charge is -2.23. The molecular weight excluding hydrogens is 304 g/mol. The predicted octanol–water partition coefficient (Wildman–Crippen LogP) is 2.01. The minimum atomic E-state index is -0.0239. The van der Waals surface area contributed by atoms with Gasteiger partial charge in [-0.15, -0.1) is 12.4 Å². The third-order valence-corrected chi connectivity index (χ3v) is 3.53. The average molecular weight is 329 g/mol.